The SMILES string of the molecule is COc1ccc(Cl)cc1Cn1ncn(C)c1=O. The van der Waals surface area contributed by atoms with Crippen LogP contribution >= 0.6 is 11.6 Å². The van der Waals surface area contributed by atoms with Crippen molar-refractivity contribution in [2.24, 2.45) is 7.05 Å². The lowest BCUT2D eigenvalue weighted by molar-refractivity contribution is 0.407. The zero-order chi connectivity index (χ0) is 12.4. The lowest BCUT2D eigenvalue weighted by Crippen LogP contribution is -2.23. The van der Waals surface area contributed by atoms with Crippen molar-refractivity contribution in [1.29, 1.82) is 0 Å². The van der Waals surface area contributed by atoms with Gasteiger partial charge in [0.2, 0.25) is 0 Å². The van der Waals surface area contributed by atoms with Crippen LogP contribution < -0.4 is 10.4 Å². The molecule has 0 N–H and O–H groups in total. The van der Waals surface area contributed by atoms with Crippen molar-refractivity contribution in [3.8, 4) is 5.75 Å². The Morgan fingerprint density at radius 3 is 2.82 bits per heavy atom. The first kappa shape index (κ1) is 11.7. The van der Waals surface area contributed by atoms with Crippen LogP contribution in [-0.2, 0) is 13.6 Å². The normalized spacial score (nSPS) is 10.5. The number of halogens is 1. The number of hydrogen-bond donors (Lipinski definition) is 0. The first-order valence-electron chi connectivity index (χ1n) is 5.02. The van der Waals surface area contributed by atoms with E-state index in [0.717, 1.165) is 5.56 Å². The summed E-state index contributed by atoms with van der Waals surface area (Å²) in [4.78, 5) is 11.6. The van der Waals surface area contributed by atoms with Gasteiger partial charge in [-0.25, -0.2) is 9.48 Å². The molecular weight excluding hydrogens is 242 g/mol. The van der Waals surface area contributed by atoms with Crippen LogP contribution in [0.4, 0.5) is 0 Å². The van der Waals surface area contributed by atoms with Crippen LogP contribution in [0.25, 0.3) is 0 Å². The molecule has 1 heterocycles. The summed E-state index contributed by atoms with van der Waals surface area (Å²) in [5, 5.41) is 4.59. The third-order valence-electron chi connectivity index (χ3n) is 2.45. The highest BCUT2D eigenvalue weighted by atomic mass is 35.5. The number of aromatic nitrogens is 3. The number of aryl methyl sites for hydroxylation is 1. The minimum atomic E-state index is -0.174. The van der Waals surface area contributed by atoms with E-state index in [1.807, 2.05) is 0 Å². The molecule has 1 aromatic carbocycles. The molecule has 90 valence electrons. The lowest BCUT2D eigenvalue weighted by Gasteiger charge is -2.08. The standard InChI is InChI=1S/C11H12ClN3O2/c1-14-7-13-15(11(14)16)6-8-5-9(12)3-4-10(8)17-2/h3-5,7H,6H2,1-2H3. The summed E-state index contributed by atoms with van der Waals surface area (Å²) in [5.41, 5.74) is 0.646. The van der Waals surface area contributed by atoms with Crippen LogP contribution in [0.3, 0.4) is 0 Å². The van der Waals surface area contributed by atoms with E-state index < -0.39 is 0 Å². The van der Waals surface area contributed by atoms with Crippen LogP contribution in [0.15, 0.2) is 29.3 Å². The smallest absolute Gasteiger partial charge is 0.345 e. The Balaban J connectivity index is 2.38. The molecule has 0 fully saturated rings. The van der Waals surface area contributed by atoms with Crippen molar-refractivity contribution < 1.29 is 4.74 Å². The van der Waals surface area contributed by atoms with E-state index in [9.17, 15) is 4.79 Å². The van der Waals surface area contributed by atoms with Crippen molar-refractivity contribution in [2.45, 2.75) is 6.54 Å². The molecule has 0 saturated carbocycles. The van der Waals surface area contributed by atoms with Crippen LogP contribution in [0.2, 0.25) is 5.02 Å². The molecule has 0 unspecified atom stereocenters. The maximum atomic E-state index is 11.6. The third-order valence-corrected chi connectivity index (χ3v) is 2.68. The van der Waals surface area contributed by atoms with Gasteiger partial charge in [0.25, 0.3) is 0 Å². The molecule has 0 aliphatic rings. The highest BCUT2D eigenvalue weighted by molar-refractivity contribution is 6.30. The summed E-state index contributed by atoms with van der Waals surface area (Å²) >= 11 is 5.92. The minimum Gasteiger partial charge on any atom is -0.496 e. The minimum absolute atomic E-state index is 0.174. The van der Waals surface area contributed by atoms with Gasteiger partial charge in [-0.2, -0.15) is 5.10 Å². The van der Waals surface area contributed by atoms with Gasteiger partial charge in [-0.3, -0.25) is 4.57 Å². The van der Waals surface area contributed by atoms with Gasteiger partial charge in [0.05, 0.1) is 13.7 Å². The molecule has 0 aliphatic heterocycles. The van der Waals surface area contributed by atoms with Gasteiger partial charge in [-0.15, -0.1) is 0 Å². The van der Waals surface area contributed by atoms with Gasteiger partial charge < -0.3 is 4.74 Å². The van der Waals surface area contributed by atoms with E-state index in [-0.39, 0.29) is 5.69 Å². The topological polar surface area (TPSA) is 49.0 Å². The quantitative estimate of drug-likeness (QED) is 0.828. The van der Waals surface area contributed by atoms with E-state index in [1.165, 1.54) is 15.6 Å². The number of hydrogen-bond acceptors (Lipinski definition) is 3. The Kier molecular flexibility index (Phi) is 3.19. The molecule has 2 aromatic rings. The molecular formula is C11H12ClN3O2. The van der Waals surface area contributed by atoms with Crippen molar-refractivity contribution in [3.05, 3.63) is 45.6 Å². The van der Waals surface area contributed by atoms with E-state index >= 15 is 0 Å². The number of ether oxygens (including phenoxy) is 1. The fourth-order valence-electron chi connectivity index (χ4n) is 1.56. The Labute approximate surface area is 103 Å². The highest BCUT2D eigenvalue weighted by Gasteiger charge is 2.08. The molecule has 0 bridgehead atoms. The molecule has 0 spiro atoms. The molecule has 0 aliphatic carbocycles. The predicted octanol–water partition coefficient (Wildman–Crippen LogP) is 1.29. The van der Waals surface area contributed by atoms with Crippen molar-refractivity contribution in [3.63, 3.8) is 0 Å². The van der Waals surface area contributed by atoms with Crippen LogP contribution in [0.1, 0.15) is 5.56 Å². The van der Waals surface area contributed by atoms with Crippen LogP contribution in [0.5, 0.6) is 5.75 Å². The highest BCUT2D eigenvalue weighted by Crippen LogP contribution is 2.22. The molecule has 1 aromatic heterocycles. The Morgan fingerprint density at radius 1 is 1.47 bits per heavy atom. The Morgan fingerprint density at radius 2 is 2.24 bits per heavy atom. The van der Waals surface area contributed by atoms with Crippen molar-refractivity contribution in [2.75, 3.05) is 7.11 Å². The number of nitrogens with zero attached hydrogens (tertiary/aromatic N) is 3. The van der Waals surface area contributed by atoms with Crippen molar-refractivity contribution in [1.82, 2.24) is 14.3 Å². The predicted molar refractivity (Wildman–Crippen MR) is 64.6 cm³/mol. The largest absolute Gasteiger partial charge is 0.496 e. The first-order chi connectivity index (χ1) is 8.11. The van der Waals surface area contributed by atoms with E-state index in [2.05, 4.69) is 5.10 Å². The maximum Gasteiger partial charge on any atom is 0.345 e. The Bertz CT molecular complexity index is 589. The van der Waals surface area contributed by atoms with Gasteiger partial charge in [0.15, 0.2) is 0 Å². The van der Waals surface area contributed by atoms with E-state index in [1.54, 1.807) is 32.4 Å². The zero-order valence-corrected chi connectivity index (χ0v) is 10.3. The summed E-state index contributed by atoms with van der Waals surface area (Å²) in [5.74, 6) is 0.687. The second-order valence-electron chi connectivity index (χ2n) is 3.64. The molecule has 6 heteroatoms. The van der Waals surface area contributed by atoms with Gasteiger partial charge in [0.1, 0.15) is 12.1 Å². The second kappa shape index (κ2) is 4.63. The molecule has 5 nitrogen and oxygen atoms in total. The Hall–Kier alpha value is -1.75. The summed E-state index contributed by atoms with van der Waals surface area (Å²) in [7, 11) is 3.23. The number of rotatable bonds is 3. The summed E-state index contributed by atoms with van der Waals surface area (Å²) in [6.45, 7) is 0.337. The van der Waals surface area contributed by atoms with Gasteiger partial charge in [-0.1, -0.05) is 11.6 Å². The van der Waals surface area contributed by atoms with Gasteiger partial charge in [0, 0.05) is 17.6 Å². The van der Waals surface area contributed by atoms with Gasteiger partial charge in [-0.05, 0) is 18.2 Å². The fraction of sp³-hybridized carbons (Fsp3) is 0.273. The summed E-state index contributed by atoms with van der Waals surface area (Å²) < 4.78 is 7.98. The molecule has 2 rings (SSSR count). The summed E-state index contributed by atoms with van der Waals surface area (Å²) in [6, 6.07) is 5.28. The zero-order valence-electron chi connectivity index (χ0n) is 9.55. The van der Waals surface area contributed by atoms with E-state index in [0.29, 0.717) is 17.3 Å². The first-order valence-corrected chi connectivity index (χ1v) is 5.40. The monoisotopic (exact) mass is 253 g/mol. The van der Waals surface area contributed by atoms with Crippen molar-refractivity contribution >= 4 is 11.6 Å². The fourth-order valence-corrected chi connectivity index (χ4v) is 1.76. The summed E-state index contributed by atoms with van der Waals surface area (Å²) in [6.07, 6.45) is 1.47. The average molecular weight is 254 g/mol. The second-order valence-corrected chi connectivity index (χ2v) is 4.07. The van der Waals surface area contributed by atoms with Gasteiger partial charge >= 0.3 is 5.69 Å². The third kappa shape index (κ3) is 2.34. The molecule has 0 atom stereocenters. The lowest BCUT2D eigenvalue weighted by atomic mass is 10.2. The molecule has 0 amide bonds. The number of benzene rings is 1. The van der Waals surface area contributed by atoms with Crippen LogP contribution in [-0.4, -0.2) is 21.5 Å². The number of methoxy groups -OCH3 is 1. The molecule has 0 saturated heterocycles. The molecule has 0 radical (unpaired) electrons. The van der Waals surface area contributed by atoms with Crippen LogP contribution in [0, 0.1) is 0 Å². The molecule has 17 heavy (non-hydrogen) atoms. The average Bonchev–Trinajstić information content (AvgIpc) is 2.61. The van der Waals surface area contributed by atoms with E-state index in [4.69, 9.17) is 16.3 Å². The maximum absolute atomic E-state index is 11.6.